The number of fused-ring (bicyclic) bond motifs is 3. The zero-order valence-corrected chi connectivity index (χ0v) is 18.5. The molecule has 0 fully saturated rings. The molecule has 0 saturated carbocycles. The molecule has 0 atom stereocenters. The van der Waals surface area contributed by atoms with Crippen molar-refractivity contribution >= 4 is 34.3 Å². The van der Waals surface area contributed by atoms with E-state index in [-0.39, 0.29) is 17.2 Å². The van der Waals surface area contributed by atoms with Crippen molar-refractivity contribution in [3.05, 3.63) is 77.1 Å². The molecule has 0 bridgehead atoms. The van der Waals surface area contributed by atoms with Gasteiger partial charge in [0, 0.05) is 13.1 Å². The highest BCUT2D eigenvalue weighted by Gasteiger charge is 2.17. The molecule has 0 aliphatic rings. The van der Waals surface area contributed by atoms with Crippen LogP contribution in [0.4, 0.5) is 0 Å². The third-order valence-corrected chi connectivity index (χ3v) is 5.75. The van der Waals surface area contributed by atoms with E-state index in [4.69, 9.17) is 4.74 Å². The van der Waals surface area contributed by atoms with Crippen LogP contribution in [0.2, 0.25) is 0 Å². The predicted octanol–water partition coefficient (Wildman–Crippen LogP) is 3.04. The summed E-state index contributed by atoms with van der Waals surface area (Å²) in [6.07, 6.45) is 1.64. The standard InChI is InChI=1S/C23H23N5O3S/c1-3-12-27-21(30)18-10-5-6-11-19(18)28-22(27)25-26-23(28)32-15-20(29)24-14-16-8-7-9-17(13-16)31-4-2/h3,5-11,13H,1,4,12,14-15H2,2H3,(H,24,29). The summed E-state index contributed by atoms with van der Waals surface area (Å²) in [4.78, 5) is 25.3. The number of aromatic nitrogens is 4. The van der Waals surface area contributed by atoms with Crippen molar-refractivity contribution in [1.82, 2.24) is 24.5 Å². The van der Waals surface area contributed by atoms with Crippen LogP contribution < -0.4 is 15.6 Å². The SMILES string of the molecule is C=CCn1c(=O)c2ccccc2n2c(SCC(=O)NCc3cccc(OCC)c3)nnc12. The number of nitrogens with zero attached hydrogens (tertiary/aromatic N) is 4. The van der Waals surface area contributed by atoms with Crippen molar-refractivity contribution in [1.29, 1.82) is 0 Å². The van der Waals surface area contributed by atoms with Crippen LogP contribution in [0.5, 0.6) is 5.75 Å². The van der Waals surface area contributed by atoms with Gasteiger partial charge in [-0.3, -0.25) is 18.6 Å². The van der Waals surface area contributed by atoms with E-state index < -0.39 is 0 Å². The number of carbonyl (C=O) groups excluding carboxylic acids is 1. The Kier molecular flexibility index (Phi) is 6.55. The van der Waals surface area contributed by atoms with Crippen LogP contribution >= 0.6 is 11.8 Å². The number of amides is 1. The maximum Gasteiger partial charge on any atom is 0.263 e. The van der Waals surface area contributed by atoms with Crippen molar-refractivity contribution in [3.63, 3.8) is 0 Å². The summed E-state index contributed by atoms with van der Waals surface area (Å²) >= 11 is 1.27. The number of hydrogen-bond acceptors (Lipinski definition) is 6. The maximum absolute atomic E-state index is 12.8. The summed E-state index contributed by atoms with van der Waals surface area (Å²) in [6, 6.07) is 14.9. The van der Waals surface area contributed by atoms with Gasteiger partial charge in [-0.2, -0.15) is 0 Å². The molecule has 2 aromatic carbocycles. The van der Waals surface area contributed by atoms with E-state index in [1.165, 1.54) is 16.3 Å². The first-order valence-electron chi connectivity index (χ1n) is 10.2. The van der Waals surface area contributed by atoms with Crippen LogP contribution in [0, 0.1) is 0 Å². The van der Waals surface area contributed by atoms with Gasteiger partial charge < -0.3 is 10.1 Å². The number of ether oxygens (including phenoxy) is 1. The molecule has 0 radical (unpaired) electrons. The van der Waals surface area contributed by atoms with Crippen LogP contribution in [-0.2, 0) is 17.9 Å². The predicted molar refractivity (Wildman–Crippen MR) is 125 cm³/mol. The van der Waals surface area contributed by atoms with Gasteiger partial charge in [0.25, 0.3) is 5.56 Å². The first-order chi connectivity index (χ1) is 15.6. The Morgan fingerprint density at radius 3 is 2.88 bits per heavy atom. The van der Waals surface area contributed by atoms with E-state index in [1.54, 1.807) is 12.1 Å². The Bertz CT molecular complexity index is 1340. The molecule has 2 heterocycles. The van der Waals surface area contributed by atoms with E-state index in [0.717, 1.165) is 11.3 Å². The number of para-hydroxylation sites is 1. The number of benzene rings is 2. The second-order valence-corrected chi connectivity index (χ2v) is 7.93. The third kappa shape index (κ3) is 4.38. The number of carbonyl (C=O) groups is 1. The summed E-state index contributed by atoms with van der Waals surface area (Å²) < 4.78 is 8.83. The number of rotatable bonds is 9. The Morgan fingerprint density at radius 2 is 2.06 bits per heavy atom. The van der Waals surface area contributed by atoms with Gasteiger partial charge in [0.15, 0.2) is 5.16 Å². The Balaban J connectivity index is 1.52. The molecule has 1 N–H and O–H groups in total. The summed E-state index contributed by atoms with van der Waals surface area (Å²) in [7, 11) is 0. The van der Waals surface area contributed by atoms with Crippen molar-refractivity contribution < 1.29 is 9.53 Å². The molecule has 0 spiro atoms. The summed E-state index contributed by atoms with van der Waals surface area (Å²) in [5.74, 6) is 1.24. The summed E-state index contributed by atoms with van der Waals surface area (Å²) in [5.41, 5.74) is 1.51. The van der Waals surface area contributed by atoms with E-state index in [2.05, 4.69) is 22.1 Å². The molecule has 0 aliphatic carbocycles. The van der Waals surface area contributed by atoms with Gasteiger partial charge in [-0.15, -0.1) is 16.8 Å². The normalized spacial score (nSPS) is 11.0. The molecule has 9 heteroatoms. The van der Waals surface area contributed by atoms with Gasteiger partial charge in [0.2, 0.25) is 11.7 Å². The zero-order chi connectivity index (χ0) is 22.5. The topological polar surface area (TPSA) is 90.5 Å². The van der Waals surface area contributed by atoms with E-state index in [9.17, 15) is 9.59 Å². The highest BCUT2D eigenvalue weighted by atomic mass is 32.2. The van der Waals surface area contributed by atoms with Gasteiger partial charge in [-0.1, -0.05) is 42.1 Å². The lowest BCUT2D eigenvalue weighted by molar-refractivity contribution is -0.118. The minimum Gasteiger partial charge on any atom is -0.494 e. The quantitative estimate of drug-likeness (QED) is 0.312. The van der Waals surface area contributed by atoms with Gasteiger partial charge >= 0.3 is 0 Å². The third-order valence-electron chi connectivity index (χ3n) is 4.82. The highest BCUT2D eigenvalue weighted by Crippen LogP contribution is 2.21. The zero-order valence-electron chi connectivity index (χ0n) is 17.7. The first-order valence-corrected chi connectivity index (χ1v) is 11.2. The monoisotopic (exact) mass is 449 g/mol. The lowest BCUT2D eigenvalue weighted by Gasteiger charge is -2.10. The molecule has 164 valence electrons. The number of thioether (sulfide) groups is 1. The molecule has 32 heavy (non-hydrogen) atoms. The fourth-order valence-corrected chi connectivity index (χ4v) is 4.18. The fourth-order valence-electron chi connectivity index (χ4n) is 3.41. The molecule has 8 nitrogen and oxygen atoms in total. The molecule has 0 saturated heterocycles. The number of nitrogens with one attached hydrogen (secondary N) is 1. The van der Waals surface area contributed by atoms with Crippen molar-refractivity contribution in [2.24, 2.45) is 0 Å². The Labute approximate surface area is 188 Å². The van der Waals surface area contributed by atoms with Crippen LogP contribution in [-0.4, -0.2) is 37.4 Å². The molecular formula is C23H23N5O3S. The largest absolute Gasteiger partial charge is 0.494 e. The number of hydrogen-bond donors (Lipinski definition) is 1. The average molecular weight is 450 g/mol. The lowest BCUT2D eigenvalue weighted by atomic mass is 10.2. The molecular weight excluding hydrogens is 426 g/mol. The fraction of sp³-hybridized carbons (Fsp3) is 0.217. The Hall–Kier alpha value is -3.59. The van der Waals surface area contributed by atoms with Gasteiger partial charge in [0.05, 0.1) is 23.3 Å². The minimum atomic E-state index is -0.149. The van der Waals surface area contributed by atoms with Gasteiger partial charge in [0.1, 0.15) is 5.75 Å². The van der Waals surface area contributed by atoms with E-state index >= 15 is 0 Å². The summed E-state index contributed by atoms with van der Waals surface area (Å²) in [5, 5.41) is 12.5. The first kappa shape index (κ1) is 21.6. The van der Waals surface area contributed by atoms with E-state index in [0.29, 0.717) is 41.5 Å². The van der Waals surface area contributed by atoms with Gasteiger partial charge in [-0.25, -0.2) is 0 Å². The molecule has 1 amide bonds. The molecule has 4 rings (SSSR count). The smallest absolute Gasteiger partial charge is 0.263 e. The average Bonchev–Trinajstić information content (AvgIpc) is 3.23. The second-order valence-electron chi connectivity index (χ2n) is 6.99. The van der Waals surface area contributed by atoms with Gasteiger partial charge in [-0.05, 0) is 36.8 Å². The highest BCUT2D eigenvalue weighted by molar-refractivity contribution is 7.99. The lowest BCUT2D eigenvalue weighted by Crippen LogP contribution is -2.25. The minimum absolute atomic E-state index is 0.128. The van der Waals surface area contributed by atoms with Crippen LogP contribution in [0.3, 0.4) is 0 Å². The molecule has 0 aliphatic heterocycles. The maximum atomic E-state index is 12.8. The molecule has 2 aromatic heterocycles. The molecule has 0 unspecified atom stereocenters. The van der Waals surface area contributed by atoms with Crippen molar-refractivity contribution in [2.45, 2.75) is 25.2 Å². The van der Waals surface area contributed by atoms with E-state index in [1.807, 2.05) is 53.8 Å². The van der Waals surface area contributed by atoms with Crippen molar-refractivity contribution in [3.8, 4) is 5.75 Å². The Morgan fingerprint density at radius 1 is 1.22 bits per heavy atom. The van der Waals surface area contributed by atoms with Crippen molar-refractivity contribution in [2.75, 3.05) is 12.4 Å². The summed E-state index contributed by atoms with van der Waals surface area (Å²) in [6.45, 7) is 6.97. The number of allylic oxidation sites excluding steroid dienone is 1. The van der Waals surface area contributed by atoms with Crippen LogP contribution in [0.1, 0.15) is 12.5 Å². The second kappa shape index (κ2) is 9.69. The molecule has 4 aromatic rings. The van der Waals surface area contributed by atoms with Crippen LogP contribution in [0.15, 0.2) is 71.1 Å². The van der Waals surface area contributed by atoms with Crippen LogP contribution in [0.25, 0.3) is 16.7 Å².